The van der Waals surface area contributed by atoms with E-state index in [-0.39, 0.29) is 12.5 Å². The Morgan fingerprint density at radius 3 is 2.76 bits per heavy atom. The third kappa shape index (κ3) is 5.36. The highest BCUT2D eigenvalue weighted by molar-refractivity contribution is 5.77. The van der Waals surface area contributed by atoms with Crippen LogP contribution in [0.3, 0.4) is 0 Å². The largest absolute Gasteiger partial charge is 0.484 e. The van der Waals surface area contributed by atoms with Gasteiger partial charge in [0.1, 0.15) is 11.5 Å². The predicted molar refractivity (Wildman–Crippen MR) is 96.4 cm³/mol. The van der Waals surface area contributed by atoms with Gasteiger partial charge in [-0.05, 0) is 62.5 Å². The van der Waals surface area contributed by atoms with E-state index in [0.29, 0.717) is 5.92 Å². The van der Waals surface area contributed by atoms with Gasteiger partial charge in [-0.15, -0.1) is 0 Å². The first kappa shape index (κ1) is 17.5. The molecule has 2 aromatic rings. The second-order valence-corrected chi connectivity index (χ2v) is 6.66. The minimum Gasteiger partial charge on any atom is -0.484 e. The molecule has 0 spiro atoms. The fourth-order valence-corrected chi connectivity index (χ4v) is 3.14. The Hall–Kier alpha value is -2.27. The molecule has 0 bridgehead atoms. The van der Waals surface area contributed by atoms with Crippen molar-refractivity contribution in [3.05, 3.63) is 54.0 Å². The number of benzene rings is 1. The quantitative estimate of drug-likeness (QED) is 0.840. The van der Waals surface area contributed by atoms with Crippen LogP contribution in [0, 0.1) is 12.8 Å². The van der Waals surface area contributed by atoms with Crippen molar-refractivity contribution in [3.8, 4) is 5.75 Å². The lowest BCUT2D eigenvalue weighted by atomic mass is 9.96. The molecule has 5 heteroatoms. The van der Waals surface area contributed by atoms with Crippen LogP contribution in [0.4, 0.5) is 0 Å². The number of furan rings is 1. The van der Waals surface area contributed by atoms with Crippen molar-refractivity contribution in [2.45, 2.75) is 26.3 Å². The van der Waals surface area contributed by atoms with Crippen molar-refractivity contribution in [1.82, 2.24) is 10.2 Å². The Kier molecular flexibility index (Phi) is 6.12. The summed E-state index contributed by atoms with van der Waals surface area (Å²) in [6, 6.07) is 11.7. The first-order valence-corrected chi connectivity index (χ1v) is 8.90. The van der Waals surface area contributed by atoms with Gasteiger partial charge >= 0.3 is 0 Å². The molecule has 0 radical (unpaired) electrons. The molecule has 1 saturated heterocycles. The van der Waals surface area contributed by atoms with E-state index < -0.39 is 0 Å². The van der Waals surface area contributed by atoms with E-state index in [1.165, 1.54) is 0 Å². The summed E-state index contributed by atoms with van der Waals surface area (Å²) in [4.78, 5) is 14.4. The monoisotopic (exact) mass is 342 g/mol. The average molecular weight is 342 g/mol. The van der Waals surface area contributed by atoms with Crippen LogP contribution in [0.5, 0.6) is 5.75 Å². The topological polar surface area (TPSA) is 54.7 Å². The number of rotatable bonds is 7. The van der Waals surface area contributed by atoms with Crippen LogP contribution in [0.15, 0.2) is 47.1 Å². The van der Waals surface area contributed by atoms with Gasteiger partial charge < -0.3 is 14.5 Å². The molecule has 1 aromatic heterocycles. The molecule has 1 N–H and O–H groups in total. The summed E-state index contributed by atoms with van der Waals surface area (Å²) in [6.07, 6.45) is 3.91. The maximum Gasteiger partial charge on any atom is 0.257 e. The molecule has 1 aliphatic heterocycles. The summed E-state index contributed by atoms with van der Waals surface area (Å²) in [5, 5.41) is 3.00. The number of para-hydroxylation sites is 1. The van der Waals surface area contributed by atoms with Crippen LogP contribution in [0.1, 0.15) is 24.2 Å². The maximum atomic E-state index is 12.0. The molecule has 5 nitrogen and oxygen atoms in total. The molecule has 1 fully saturated rings. The van der Waals surface area contributed by atoms with Crippen molar-refractivity contribution in [3.63, 3.8) is 0 Å². The summed E-state index contributed by atoms with van der Waals surface area (Å²) in [6.45, 7) is 5.73. The van der Waals surface area contributed by atoms with Crippen molar-refractivity contribution in [1.29, 1.82) is 0 Å². The number of ether oxygens (including phenoxy) is 1. The van der Waals surface area contributed by atoms with Gasteiger partial charge in [-0.3, -0.25) is 9.69 Å². The van der Waals surface area contributed by atoms with Gasteiger partial charge in [-0.1, -0.05) is 18.2 Å². The number of aryl methyl sites for hydroxylation is 1. The Morgan fingerprint density at radius 1 is 1.24 bits per heavy atom. The second-order valence-electron chi connectivity index (χ2n) is 6.66. The van der Waals surface area contributed by atoms with Crippen LogP contribution in [-0.4, -0.2) is 37.0 Å². The number of carbonyl (C=O) groups is 1. The van der Waals surface area contributed by atoms with Crippen LogP contribution >= 0.6 is 0 Å². The third-order valence-electron chi connectivity index (χ3n) is 4.71. The lowest BCUT2D eigenvalue weighted by Crippen LogP contribution is -2.39. The van der Waals surface area contributed by atoms with Gasteiger partial charge in [0.05, 0.1) is 12.8 Å². The van der Waals surface area contributed by atoms with E-state index in [1.54, 1.807) is 6.26 Å². The zero-order valence-electron chi connectivity index (χ0n) is 14.7. The molecule has 1 aliphatic rings. The number of hydrogen-bond acceptors (Lipinski definition) is 4. The van der Waals surface area contributed by atoms with E-state index in [1.807, 2.05) is 43.3 Å². The van der Waals surface area contributed by atoms with Crippen LogP contribution in [0.25, 0.3) is 0 Å². The Labute approximate surface area is 149 Å². The van der Waals surface area contributed by atoms with Crippen molar-refractivity contribution in [2.75, 3.05) is 26.2 Å². The smallest absolute Gasteiger partial charge is 0.257 e. The second kappa shape index (κ2) is 8.72. The molecule has 0 aliphatic carbocycles. The van der Waals surface area contributed by atoms with Crippen LogP contribution in [-0.2, 0) is 11.3 Å². The molecule has 1 amide bonds. The number of nitrogens with one attached hydrogen (secondary N) is 1. The highest BCUT2D eigenvalue weighted by atomic mass is 16.5. The van der Waals surface area contributed by atoms with Gasteiger partial charge in [0.2, 0.25) is 0 Å². The van der Waals surface area contributed by atoms with E-state index in [2.05, 4.69) is 10.2 Å². The molecular weight excluding hydrogens is 316 g/mol. The van der Waals surface area contributed by atoms with Crippen molar-refractivity contribution in [2.24, 2.45) is 5.92 Å². The summed E-state index contributed by atoms with van der Waals surface area (Å²) >= 11 is 0. The fourth-order valence-electron chi connectivity index (χ4n) is 3.14. The summed E-state index contributed by atoms with van der Waals surface area (Å²) < 4.78 is 11.0. The molecule has 0 atom stereocenters. The average Bonchev–Trinajstić information content (AvgIpc) is 3.13. The summed E-state index contributed by atoms with van der Waals surface area (Å²) in [5.41, 5.74) is 1.04. The van der Waals surface area contributed by atoms with Crippen LogP contribution < -0.4 is 10.1 Å². The first-order chi connectivity index (χ1) is 12.2. The van der Waals surface area contributed by atoms with E-state index in [0.717, 1.165) is 56.1 Å². The third-order valence-corrected chi connectivity index (χ3v) is 4.71. The number of likely N-dealkylation sites (tertiary alicyclic amines) is 1. The fraction of sp³-hybridized carbons (Fsp3) is 0.450. The molecule has 1 aromatic carbocycles. The standard InChI is InChI=1S/C20H26N2O3/c1-16-5-2-3-7-19(16)25-15-20(23)21-13-17-8-10-22(11-9-17)14-18-6-4-12-24-18/h2-7,12,17H,8-11,13-15H2,1H3,(H,21,23). The zero-order chi connectivity index (χ0) is 17.5. The van der Waals surface area contributed by atoms with E-state index in [4.69, 9.17) is 9.15 Å². The number of amides is 1. The highest BCUT2D eigenvalue weighted by Crippen LogP contribution is 2.19. The highest BCUT2D eigenvalue weighted by Gasteiger charge is 2.20. The van der Waals surface area contributed by atoms with Crippen LogP contribution in [0.2, 0.25) is 0 Å². The molecule has 0 unspecified atom stereocenters. The predicted octanol–water partition coefficient (Wildman–Crippen LogP) is 3.00. The van der Waals surface area contributed by atoms with Gasteiger partial charge in [-0.2, -0.15) is 0 Å². The SMILES string of the molecule is Cc1ccccc1OCC(=O)NCC1CCN(Cc2ccco2)CC1. The molecule has 2 heterocycles. The lowest BCUT2D eigenvalue weighted by molar-refractivity contribution is -0.123. The molecule has 25 heavy (non-hydrogen) atoms. The number of carbonyl (C=O) groups excluding carboxylic acids is 1. The molecule has 3 rings (SSSR count). The van der Waals surface area contributed by atoms with Gasteiger partial charge in [0, 0.05) is 6.54 Å². The summed E-state index contributed by atoms with van der Waals surface area (Å²) in [7, 11) is 0. The Morgan fingerprint density at radius 2 is 2.04 bits per heavy atom. The minimum atomic E-state index is -0.0544. The van der Waals surface area contributed by atoms with Crippen molar-refractivity contribution < 1.29 is 13.9 Å². The van der Waals surface area contributed by atoms with E-state index >= 15 is 0 Å². The number of hydrogen-bond donors (Lipinski definition) is 1. The van der Waals surface area contributed by atoms with Crippen molar-refractivity contribution >= 4 is 5.91 Å². The molecule has 134 valence electrons. The maximum absolute atomic E-state index is 12.0. The molecular formula is C20H26N2O3. The van der Waals surface area contributed by atoms with Gasteiger partial charge in [-0.25, -0.2) is 0 Å². The minimum absolute atomic E-state index is 0.0544. The van der Waals surface area contributed by atoms with Gasteiger partial charge in [0.25, 0.3) is 5.91 Å². The van der Waals surface area contributed by atoms with Gasteiger partial charge in [0.15, 0.2) is 6.61 Å². The Bertz CT molecular complexity index is 661. The number of nitrogens with zero attached hydrogens (tertiary/aromatic N) is 1. The zero-order valence-corrected chi connectivity index (χ0v) is 14.7. The normalized spacial score (nSPS) is 15.9. The molecule has 0 saturated carbocycles. The van der Waals surface area contributed by atoms with E-state index in [9.17, 15) is 4.79 Å². The Balaban J connectivity index is 1.32. The number of piperidine rings is 1. The lowest BCUT2D eigenvalue weighted by Gasteiger charge is -2.31. The summed E-state index contributed by atoms with van der Waals surface area (Å²) in [5.74, 6) is 2.26. The first-order valence-electron chi connectivity index (χ1n) is 8.90.